The van der Waals surface area contributed by atoms with Gasteiger partial charge in [0, 0.05) is 32.0 Å². The Hall–Kier alpha value is -2.73. The van der Waals surface area contributed by atoms with Gasteiger partial charge in [0.25, 0.3) is 0 Å². The van der Waals surface area contributed by atoms with Gasteiger partial charge in [0.1, 0.15) is 0 Å². The largest absolute Gasteiger partial charge is 0.348 e. The van der Waals surface area contributed by atoms with Crippen molar-refractivity contribution >= 4 is 5.95 Å². The molecule has 0 saturated heterocycles. The van der Waals surface area contributed by atoms with Crippen molar-refractivity contribution in [2.24, 2.45) is 0 Å². The molecule has 6 nitrogen and oxygen atoms in total. The fraction of sp³-hybridized carbons (Fsp3) is 0.350. The highest BCUT2D eigenvalue weighted by atomic mass is 15.3. The lowest BCUT2D eigenvalue weighted by Gasteiger charge is -2.27. The summed E-state index contributed by atoms with van der Waals surface area (Å²) >= 11 is 0. The van der Waals surface area contributed by atoms with Crippen molar-refractivity contribution < 1.29 is 0 Å². The molecule has 0 unspecified atom stereocenters. The predicted octanol–water partition coefficient (Wildman–Crippen LogP) is 2.92. The topological polar surface area (TPSA) is 58.9 Å². The van der Waals surface area contributed by atoms with Gasteiger partial charge in [-0.15, -0.1) is 0 Å². The van der Waals surface area contributed by atoms with E-state index in [-0.39, 0.29) is 0 Å². The molecule has 0 spiro atoms. The monoisotopic (exact) mass is 348 g/mol. The smallest absolute Gasteiger partial charge is 0.222 e. The van der Waals surface area contributed by atoms with Crippen molar-refractivity contribution in [2.45, 2.75) is 40.0 Å². The molecule has 0 bridgehead atoms. The summed E-state index contributed by atoms with van der Waals surface area (Å²) in [6.07, 6.45) is 3.47. The Morgan fingerprint density at radius 2 is 1.77 bits per heavy atom. The molecule has 134 valence electrons. The number of rotatable bonds is 5. The van der Waals surface area contributed by atoms with Crippen molar-refractivity contribution in [1.82, 2.24) is 24.6 Å². The summed E-state index contributed by atoms with van der Waals surface area (Å²) in [6.45, 7) is 8.84. The van der Waals surface area contributed by atoms with Gasteiger partial charge in [0.05, 0.1) is 24.5 Å². The molecule has 3 heterocycles. The van der Waals surface area contributed by atoms with Crippen molar-refractivity contribution in [3.63, 3.8) is 0 Å². The van der Waals surface area contributed by atoms with Gasteiger partial charge in [-0.25, -0.2) is 9.97 Å². The molecule has 6 heteroatoms. The highest BCUT2D eigenvalue weighted by Crippen LogP contribution is 2.18. The molecule has 1 aliphatic rings. The standard InChI is InChI=1S/C20H24N6/c1-15-8-16(2)10-17(9-15)13-25-6-7-26-19(14-25)11-18(24-26)12-23-20-21-4-3-5-22-20/h3-5,8-11H,6-7,12-14H2,1-2H3,(H,21,22,23). The summed E-state index contributed by atoms with van der Waals surface area (Å²) in [5, 5.41) is 7.93. The molecule has 1 aromatic carbocycles. The number of aryl methyl sites for hydroxylation is 2. The molecule has 1 aliphatic heterocycles. The van der Waals surface area contributed by atoms with Crippen LogP contribution in [0.15, 0.2) is 42.7 Å². The van der Waals surface area contributed by atoms with E-state index in [4.69, 9.17) is 5.10 Å². The molecule has 2 aromatic heterocycles. The fourth-order valence-corrected chi connectivity index (χ4v) is 3.58. The maximum atomic E-state index is 4.71. The number of benzene rings is 1. The van der Waals surface area contributed by atoms with Crippen LogP contribution in [0.1, 0.15) is 28.1 Å². The molecule has 0 amide bonds. The van der Waals surface area contributed by atoms with E-state index >= 15 is 0 Å². The lowest BCUT2D eigenvalue weighted by molar-refractivity contribution is 0.205. The van der Waals surface area contributed by atoms with Crippen LogP contribution in [-0.4, -0.2) is 31.2 Å². The molecule has 0 aliphatic carbocycles. The molecule has 4 rings (SSSR count). The number of nitrogens with zero attached hydrogens (tertiary/aromatic N) is 5. The highest BCUT2D eigenvalue weighted by Gasteiger charge is 2.18. The van der Waals surface area contributed by atoms with E-state index in [1.807, 2.05) is 6.07 Å². The zero-order valence-corrected chi connectivity index (χ0v) is 15.3. The van der Waals surface area contributed by atoms with Crippen molar-refractivity contribution in [2.75, 3.05) is 11.9 Å². The second kappa shape index (κ2) is 7.25. The number of anilines is 1. The van der Waals surface area contributed by atoms with Crippen LogP contribution >= 0.6 is 0 Å². The van der Waals surface area contributed by atoms with E-state index in [2.05, 4.69) is 63.0 Å². The highest BCUT2D eigenvalue weighted by molar-refractivity contribution is 5.29. The van der Waals surface area contributed by atoms with Crippen molar-refractivity contribution in [3.05, 3.63) is 70.8 Å². The van der Waals surface area contributed by atoms with Crippen LogP contribution < -0.4 is 5.32 Å². The molecular weight excluding hydrogens is 324 g/mol. The van der Waals surface area contributed by atoms with E-state index in [1.54, 1.807) is 12.4 Å². The number of nitrogens with one attached hydrogen (secondary N) is 1. The van der Waals surface area contributed by atoms with E-state index in [9.17, 15) is 0 Å². The van der Waals surface area contributed by atoms with Crippen LogP contribution in [0.2, 0.25) is 0 Å². The average molecular weight is 348 g/mol. The Morgan fingerprint density at radius 1 is 1.00 bits per heavy atom. The average Bonchev–Trinajstić information content (AvgIpc) is 3.02. The van der Waals surface area contributed by atoms with Gasteiger partial charge in [0.15, 0.2) is 0 Å². The first-order chi connectivity index (χ1) is 12.7. The predicted molar refractivity (Wildman–Crippen MR) is 102 cm³/mol. The van der Waals surface area contributed by atoms with E-state index in [0.29, 0.717) is 12.5 Å². The molecule has 26 heavy (non-hydrogen) atoms. The number of fused-ring (bicyclic) bond motifs is 1. The Bertz CT molecular complexity index is 866. The molecule has 0 saturated carbocycles. The number of aromatic nitrogens is 4. The molecule has 0 atom stereocenters. The SMILES string of the molecule is Cc1cc(C)cc(CN2CCn3nc(CNc4ncccn4)cc3C2)c1. The summed E-state index contributed by atoms with van der Waals surface area (Å²) < 4.78 is 2.13. The Kier molecular flexibility index (Phi) is 4.67. The Labute approximate surface area is 153 Å². The van der Waals surface area contributed by atoms with Gasteiger partial charge in [-0.3, -0.25) is 9.58 Å². The van der Waals surface area contributed by atoms with E-state index in [0.717, 1.165) is 31.9 Å². The second-order valence-corrected chi connectivity index (χ2v) is 6.98. The van der Waals surface area contributed by atoms with Crippen LogP contribution in [0.25, 0.3) is 0 Å². The second-order valence-electron chi connectivity index (χ2n) is 6.98. The van der Waals surface area contributed by atoms with Gasteiger partial charge in [0.2, 0.25) is 5.95 Å². The van der Waals surface area contributed by atoms with Crippen LogP contribution in [0.3, 0.4) is 0 Å². The first kappa shape index (κ1) is 16.7. The van der Waals surface area contributed by atoms with Crippen LogP contribution in [-0.2, 0) is 26.2 Å². The first-order valence-corrected chi connectivity index (χ1v) is 9.02. The van der Waals surface area contributed by atoms with Gasteiger partial charge in [-0.1, -0.05) is 29.3 Å². The number of hydrogen-bond donors (Lipinski definition) is 1. The summed E-state index contributed by atoms with van der Waals surface area (Å²) in [6, 6.07) is 10.8. The summed E-state index contributed by atoms with van der Waals surface area (Å²) in [5.74, 6) is 0.634. The minimum atomic E-state index is 0.634. The quantitative estimate of drug-likeness (QED) is 0.768. The third kappa shape index (κ3) is 3.91. The Balaban J connectivity index is 1.40. The Morgan fingerprint density at radius 3 is 2.54 bits per heavy atom. The molecule has 1 N–H and O–H groups in total. The molecular formula is C20H24N6. The first-order valence-electron chi connectivity index (χ1n) is 9.02. The van der Waals surface area contributed by atoms with E-state index < -0.39 is 0 Å². The summed E-state index contributed by atoms with van der Waals surface area (Å²) in [5.41, 5.74) is 6.35. The van der Waals surface area contributed by atoms with Crippen LogP contribution in [0.4, 0.5) is 5.95 Å². The van der Waals surface area contributed by atoms with Crippen molar-refractivity contribution in [3.8, 4) is 0 Å². The fourth-order valence-electron chi connectivity index (χ4n) is 3.58. The summed E-state index contributed by atoms with van der Waals surface area (Å²) in [7, 11) is 0. The minimum absolute atomic E-state index is 0.634. The van der Waals surface area contributed by atoms with Crippen LogP contribution in [0, 0.1) is 13.8 Å². The molecule has 0 fully saturated rings. The van der Waals surface area contributed by atoms with Crippen LogP contribution in [0.5, 0.6) is 0 Å². The maximum absolute atomic E-state index is 4.71. The number of hydrogen-bond acceptors (Lipinski definition) is 5. The lowest BCUT2D eigenvalue weighted by atomic mass is 10.1. The van der Waals surface area contributed by atoms with E-state index in [1.165, 1.54) is 22.4 Å². The maximum Gasteiger partial charge on any atom is 0.222 e. The van der Waals surface area contributed by atoms with Gasteiger partial charge in [-0.05, 0) is 31.5 Å². The third-order valence-electron chi connectivity index (χ3n) is 4.61. The zero-order chi connectivity index (χ0) is 17.9. The summed E-state index contributed by atoms with van der Waals surface area (Å²) in [4.78, 5) is 10.9. The minimum Gasteiger partial charge on any atom is -0.348 e. The lowest BCUT2D eigenvalue weighted by Crippen LogP contribution is -2.33. The van der Waals surface area contributed by atoms with Gasteiger partial charge in [-0.2, -0.15) is 5.10 Å². The zero-order valence-electron chi connectivity index (χ0n) is 15.3. The normalized spacial score (nSPS) is 14.2. The third-order valence-corrected chi connectivity index (χ3v) is 4.61. The van der Waals surface area contributed by atoms with Crippen molar-refractivity contribution in [1.29, 1.82) is 0 Å². The van der Waals surface area contributed by atoms with Gasteiger partial charge >= 0.3 is 0 Å². The van der Waals surface area contributed by atoms with Gasteiger partial charge < -0.3 is 5.32 Å². The molecule has 3 aromatic rings. The molecule has 0 radical (unpaired) electrons.